The van der Waals surface area contributed by atoms with Gasteiger partial charge in [0.25, 0.3) is 5.91 Å². The fourth-order valence-electron chi connectivity index (χ4n) is 2.41. The van der Waals surface area contributed by atoms with E-state index >= 15 is 0 Å². The number of aryl methyl sites for hydroxylation is 2. The highest BCUT2D eigenvalue weighted by Crippen LogP contribution is 2.31. The van der Waals surface area contributed by atoms with E-state index in [2.05, 4.69) is 20.6 Å². The molecule has 6 nitrogen and oxygen atoms in total. The van der Waals surface area contributed by atoms with Crippen molar-refractivity contribution in [2.75, 3.05) is 5.32 Å². The molecule has 2 aromatic rings. The van der Waals surface area contributed by atoms with Crippen molar-refractivity contribution in [3.05, 3.63) is 45.3 Å². The van der Waals surface area contributed by atoms with Crippen LogP contribution in [0.15, 0.2) is 34.3 Å². The molecule has 1 aliphatic heterocycles. The Kier molecular flexibility index (Phi) is 6.08. The summed E-state index contributed by atoms with van der Waals surface area (Å²) in [4.78, 5) is 32.7. The molecule has 0 aliphatic carbocycles. The molecule has 2 N–H and O–H groups in total. The summed E-state index contributed by atoms with van der Waals surface area (Å²) in [5.74, 6) is -1.53. The number of nitrogens with one attached hydrogen (secondary N) is 2. The number of amides is 2. The number of benzene rings is 1. The van der Waals surface area contributed by atoms with Crippen LogP contribution >= 0.6 is 23.1 Å². The van der Waals surface area contributed by atoms with Gasteiger partial charge in [0.15, 0.2) is 10.3 Å². The predicted octanol–water partition coefficient (Wildman–Crippen LogP) is 4.54. The number of alkyl halides is 3. The Morgan fingerprint density at radius 3 is 2.79 bits per heavy atom. The number of anilines is 1. The zero-order valence-electron chi connectivity index (χ0n) is 15.3. The molecule has 0 atom stereocenters. The number of rotatable bonds is 4. The molecule has 3 rings (SSSR count). The highest BCUT2D eigenvalue weighted by Gasteiger charge is 2.31. The number of carbonyl (C=O) groups is 2. The first-order valence-electron chi connectivity index (χ1n) is 8.28. The Hall–Kier alpha value is -2.66. The number of thiazole rings is 1. The maximum Gasteiger partial charge on any atom is 0.397 e. The van der Waals surface area contributed by atoms with Gasteiger partial charge in [-0.2, -0.15) is 13.2 Å². The fourth-order valence-corrected chi connectivity index (χ4v) is 4.08. The molecule has 0 bridgehead atoms. The van der Waals surface area contributed by atoms with Crippen molar-refractivity contribution >= 4 is 57.0 Å². The van der Waals surface area contributed by atoms with Gasteiger partial charge < -0.3 is 10.6 Å². The number of hydrogen-bond acceptors (Lipinski definition) is 6. The van der Waals surface area contributed by atoms with Crippen molar-refractivity contribution in [2.45, 2.75) is 26.4 Å². The molecule has 1 aromatic carbocycles. The van der Waals surface area contributed by atoms with Crippen molar-refractivity contribution < 1.29 is 22.8 Å². The quantitative estimate of drug-likeness (QED) is 0.684. The Bertz CT molecular complexity index is 1030. The van der Waals surface area contributed by atoms with Gasteiger partial charge in [-0.15, -0.1) is 0 Å². The normalized spacial score (nSPS) is 17.1. The molecule has 0 unspecified atom stereocenters. The van der Waals surface area contributed by atoms with E-state index in [0.29, 0.717) is 14.9 Å². The molecule has 152 valence electrons. The van der Waals surface area contributed by atoms with Crippen molar-refractivity contribution in [1.29, 1.82) is 0 Å². The van der Waals surface area contributed by atoms with Gasteiger partial charge in [-0.05, 0) is 43.3 Å². The summed E-state index contributed by atoms with van der Waals surface area (Å²) in [5.41, 5.74) is 2.83. The van der Waals surface area contributed by atoms with E-state index in [1.807, 2.05) is 32.0 Å². The summed E-state index contributed by atoms with van der Waals surface area (Å²) in [6, 6.07) is 5.78. The van der Waals surface area contributed by atoms with Crippen molar-refractivity contribution in [1.82, 2.24) is 10.3 Å². The summed E-state index contributed by atoms with van der Waals surface area (Å²) in [6.45, 7) is 3.90. The highest BCUT2D eigenvalue weighted by molar-refractivity contribution is 8.18. The minimum absolute atomic E-state index is 0.0266. The Morgan fingerprint density at radius 1 is 1.34 bits per heavy atom. The standard InChI is InChI=1S/C18H15F3N4O2S2/c1-9-3-4-12(10(2)5-9)23-17-25-15(27)13(29-17)6-11-8-22-16(28-11)24-14(26)7-18(19,20)21/h3-6,8H,7H2,1-2H3,(H,22,24,26)(H,23,25,27)/b13-6-. The van der Waals surface area contributed by atoms with E-state index < -0.39 is 18.5 Å². The van der Waals surface area contributed by atoms with E-state index in [4.69, 9.17) is 0 Å². The molecule has 1 fully saturated rings. The Morgan fingerprint density at radius 2 is 2.10 bits per heavy atom. The van der Waals surface area contributed by atoms with Gasteiger partial charge in [-0.3, -0.25) is 9.59 Å². The molecule has 11 heteroatoms. The Labute approximate surface area is 172 Å². The predicted molar refractivity (Wildman–Crippen MR) is 108 cm³/mol. The van der Waals surface area contributed by atoms with Crippen molar-refractivity contribution in [3.63, 3.8) is 0 Å². The third kappa shape index (κ3) is 5.91. The summed E-state index contributed by atoms with van der Waals surface area (Å²) < 4.78 is 36.7. The van der Waals surface area contributed by atoms with E-state index in [0.717, 1.165) is 39.9 Å². The largest absolute Gasteiger partial charge is 0.397 e. The maximum atomic E-state index is 12.2. The number of carbonyl (C=O) groups excluding carboxylic acids is 2. The SMILES string of the molecule is Cc1ccc(/N=C2/NC(=O)/C(=C/c3cnc(NC(=O)CC(F)(F)F)s3)S2)c(C)c1. The van der Waals surface area contributed by atoms with Gasteiger partial charge in [0.05, 0.1) is 15.5 Å². The van der Waals surface area contributed by atoms with Gasteiger partial charge in [0, 0.05) is 6.20 Å². The average Bonchev–Trinajstić information content (AvgIpc) is 3.15. The molecule has 29 heavy (non-hydrogen) atoms. The second-order valence-corrected chi connectivity index (χ2v) is 8.27. The lowest BCUT2D eigenvalue weighted by molar-refractivity contribution is -0.150. The zero-order valence-corrected chi connectivity index (χ0v) is 16.9. The average molecular weight is 440 g/mol. The van der Waals surface area contributed by atoms with Crippen LogP contribution in [-0.4, -0.2) is 28.1 Å². The van der Waals surface area contributed by atoms with Crippen LogP contribution in [-0.2, 0) is 9.59 Å². The molecular formula is C18H15F3N4O2S2. The van der Waals surface area contributed by atoms with Crippen LogP contribution in [0.1, 0.15) is 22.4 Å². The van der Waals surface area contributed by atoms with Gasteiger partial charge >= 0.3 is 6.18 Å². The summed E-state index contributed by atoms with van der Waals surface area (Å²) in [6.07, 6.45) is -3.26. The fraction of sp³-hybridized carbons (Fsp3) is 0.222. The van der Waals surface area contributed by atoms with Gasteiger partial charge in [-0.25, -0.2) is 9.98 Å². The van der Waals surface area contributed by atoms with Crippen LogP contribution in [0.2, 0.25) is 0 Å². The number of aliphatic imine (C=N–C) groups is 1. The summed E-state index contributed by atoms with van der Waals surface area (Å²) >= 11 is 2.11. The lowest BCUT2D eigenvalue weighted by atomic mass is 10.1. The number of halogens is 3. The van der Waals surface area contributed by atoms with Crippen LogP contribution in [0, 0.1) is 13.8 Å². The minimum atomic E-state index is -4.59. The second-order valence-electron chi connectivity index (χ2n) is 6.18. The third-order valence-corrected chi connectivity index (χ3v) is 5.40. The van der Waals surface area contributed by atoms with Crippen LogP contribution in [0.5, 0.6) is 0 Å². The number of aromatic nitrogens is 1. The number of hydrogen-bond donors (Lipinski definition) is 2. The maximum absolute atomic E-state index is 12.2. The molecule has 2 heterocycles. The number of nitrogens with zero attached hydrogens (tertiary/aromatic N) is 2. The molecule has 1 saturated heterocycles. The first-order chi connectivity index (χ1) is 13.6. The van der Waals surface area contributed by atoms with Gasteiger partial charge in [0.2, 0.25) is 5.91 Å². The van der Waals surface area contributed by atoms with Gasteiger partial charge in [0.1, 0.15) is 6.42 Å². The topological polar surface area (TPSA) is 83.4 Å². The number of amidine groups is 1. The molecule has 0 spiro atoms. The van der Waals surface area contributed by atoms with E-state index in [-0.39, 0.29) is 11.0 Å². The molecule has 1 aromatic heterocycles. The molecule has 0 radical (unpaired) electrons. The molecular weight excluding hydrogens is 425 g/mol. The van der Waals surface area contributed by atoms with E-state index in [1.54, 1.807) is 6.08 Å². The number of thioether (sulfide) groups is 1. The highest BCUT2D eigenvalue weighted by atomic mass is 32.2. The Balaban J connectivity index is 1.70. The monoisotopic (exact) mass is 440 g/mol. The van der Waals surface area contributed by atoms with Crippen LogP contribution < -0.4 is 10.6 Å². The van der Waals surface area contributed by atoms with Crippen LogP contribution in [0.25, 0.3) is 6.08 Å². The van der Waals surface area contributed by atoms with Gasteiger partial charge in [-0.1, -0.05) is 29.0 Å². The first-order valence-corrected chi connectivity index (χ1v) is 9.91. The summed E-state index contributed by atoms with van der Waals surface area (Å²) in [5, 5.41) is 5.22. The zero-order chi connectivity index (χ0) is 21.2. The molecule has 2 amide bonds. The van der Waals surface area contributed by atoms with Crippen molar-refractivity contribution in [3.8, 4) is 0 Å². The second kappa shape index (κ2) is 8.37. The van der Waals surface area contributed by atoms with E-state index in [1.165, 1.54) is 6.20 Å². The van der Waals surface area contributed by atoms with Crippen molar-refractivity contribution in [2.24, 2.45) is 4.99 Å². The first kappa shape index (κ1) is 21.1. The lowest BCUT2D eigenvalue weighted by Gasteiger charge is -2.04. The lowest BCUT2D eigenvalue weighted by Crippen LogP contribution is -2.20. The molecule has 0 saturated carbocycles. The molecule has 1 aliphatic rings. The van der Waals surface area contributed by atoms with Crippen LogP contribution in [0.3, 0.4) is 0 Å². The smallest absolute Gasteiger partial charge is 0.302 e. The minimum Gasteiger partial charge on any atom is -0.302 e. The summed E-state index contributed by atoms with van der Waals surface area (Å²) in [7, 11) is 0. The third-order valence-electron chi connectivity index (χ3n) is 3.63. The van der Waals surface area contributed by atoms with E-state index in [9.17, 15) is 22.8 Å². The van der Waals surface area contributed by atoms with Crippen LogP contribution in [0.4, 0.5) is 24.0 Å².